The van der Waals surface area contributed by atoms with Crippen molar-refractivity contribution in [1.29, 1.82) is 0 Å². The Hall–Kier alpha value is -0.433. The fourth-order valence-electron chi connectivity index (χ4n) is 3.27. The molecule has 0 aromatic carbocycles. The molecule has 0 aromatic rings. The Morgan fingerprint density at radius 2 is 1.86 bits per heavy atom. The maximum atomic E-state index is 11.4. The number of amides is 1. The summed E-state index contributed by atoms with van der Waals surface area (Å²) in [7, 11) is -0.986. The molecular formula is C16H33N3O2Si. The molecule has 128 valence electrons. The second kappa shape index (κ2) is 7.90. The van der Waals surface area contributed by atoms with Gasteiger partial charge in [-0.05, 0) is 31.2 Å². The van der Waals surface area contributed by atoms with E-state index in [1.165, 1.54) is 12.5 Å². The van der Waals surface area contributed by atoms with Crippen LogP contribution in [-0.2, 0) is 9.53 Å². The summed E-state index contributed by atoms with van der Waals surface area (Å²) < 4.78 is 5.82. The first-order valence-electron chi connectivity index (χ1n) is 8.69. The zero-order valence-electron chi connectivity index (χ0n) is 14.7. The van der Waals surface area contributed by atoms with Crippen LogP contribution in [0.25, 0.3) is 0 Å². The van der Waals surface area contributed by atoms with Crippen LogP contribution in [0.4, 0.5) is 0 Å². The highest BCUT2D eigenvalue weighted by Crippen LogP contribution is 2.25. The maximum absolute atomic E-state index is 11.4. The van der Waals surface area contributed by atoms with E-state index in [1.807, 2.05) is 4.90 Å². The van der Waals surface area contributed by atoms with Gasteiger partial charge in [-0.3, -0.25) is 4.79 Å². The van der Waals surface area contributed by atoms with Gasteiger partial charge in [0.15, 0.2) is 0 Å². The third-order valence-corrected chi connectivity index (χ3v) is 6.56. The fourth-order valence-corrected chi connectivity index (χ4v) is 4.03. The van der Waals surface area contributed by atoms with Crippen LogP contribution in [0, 0.1) is 5.92 Å². The molecular weight excluding hydrogens is 294 g/mol. The molecule has 0 bridgehead atoms. The Morgan fingerprint density at radius 3 is 2.45 bits per heavy atom. The van der Waals surface area contributed by atoms with Crippen LogP contribution in [-0.4, -0.2) is 62.9 Å². The molecule has 5 nitrogen and oxygen atoms in total. The number of ether oxygens (including phenoxy) is 1. The monoisotopic (exact) mass is 327 g/mol. The number of hydrazine groups is 1. The van der Waals surface area contributed by atoms with Gasteiger partial charge in [0.05, 0.1) is 0 Å². The van der Waals surface area contributed by atoms with Crippen LogP contribution in [0.1, 0.15) is 26.2 Å². The van der Waals surface area contributed by atoms with Gasteiger partial charge >= 0.3 is 0 Å². The van der Waals surface area contributed by atoms with Crippen molar-refractivity contribution in [3.63, 3.8) is 0 Å². The van der Waals surface area contributed by atoms with E-state index < -0.39 is 8.07 Å². The summed E-state index contributed by atoms with van der Waals surface area (Å²) >= 11 is 0. The number of nitrogens with one attached hydrogen (secondary N) is 1. The highest BCUT2D eigenvalue weighted by atomic mass is 28.3. The number of carbonyl (C=O) groups is 1. The van der Waals surface area contributed by atoms with Crippen molar-refractivity contribution in [2.24, 2.45) is 5.92 Å². The van der Waals surface area contributed by atoms with E-state index in [4.69, 9.17) is 4.74 Å². The zero-order chi connectivity index (χ0) is 16.2. The molecule has 1 atom stereocenters. The summed E-state index contributed by atoms with van der Waals surface area (Å²) in [6.45, 7) is 13.3. The van der Waals surface area contributed by atoms with Gasteiger partial charge in [0, 0.05) is 47.3 Å². The minimum Gasteiger partial charge on any atom is -0.365 e. The lowest BCUT2D eigenvalue weighted by Crippen LogP contribution is -2.45. The third-order valence-electron chi connectivity index (χ3n) is 4.86. The molecule has 1 unspecified atom stereocenters. The van der Waals surface area contributed by atoms with E-state index in [-0.39, 0.29) is 5.91 Å². The Labute approximate surface area is 136 Å². The van der Waals surface area contributed by atoms with Crippen molar-refractivity contribution < 1.29 is 9.53 Å². The third kappa shape index (κ3) is 5.65. The predicted molar refractivity (Wildman–Crippen MR) is 92.2 cm³/mol. The number of piperidine rings is 1. The summed E-state index contributed by atoms with van der Waals surface area (Å²) in [4.78, 5) is 13.4. The fraction of sp³-hybridized carbons (Fsp3) is 0.938. The standard InChI is InChI=1S/C16H33N3O2Si/c1-14(20)18-8-5-15(6-9-18)16-7-10-19(17-16)13-21-11-12-22(2,3)4/h15-17H,5-13H2,1-4H3. The normalized spacial score (nSPS) is 24.9. The molecule has 2 heterocycles. The number of hydrogen-bond donors (Lipinski definition) is 1. The van der Waals surface area contributed by atoms with Crippen LogP contribution in [0.5, 0.6) is 0 Å². The Bertz CT molecular complexity index is 365. The molecule has 0 aromatic heterocycles. The van der Waals surface area contributed by atoms with E-state index >= 15 is 0 Å². The summed E-state index contributed by atoms with van der Waals surface area (Å²) in [6, 6.07) is 1.79. The first-order valence-corrected chi connectivity index (χ1v) is 12.4. The summed E-state index contributed by atoms with van der Waals surface area (Å²) in [5.41, 5.74) is 3.62. The smallest absolute Gasteiger partial charge is 0.219 e. The van der Waals surface area contributed by atoms with Crippen molar-refractivity contribution in [1.82, 2.24) is 15.3 Å². The second-order valence-electron chi connectivity index (χ2n) is 7.98. The molecule has 2 rings (SSSR count). The average Bonchev–Trinajstić information content (AvgIpc) is 2.91. The van der Waals surface area contributed by atoms with Crippen LogP contribution >= 0.6 is 0 Å². The minimum atomic E-state index is -0.986. The molecule has 2 aliphatic rings. The molecule has 2 saturated heterocycles. The molecule has 22 heavy (non-hydrogen) atoms. The Kier molecular flexibility index (Phi) is 6.43. The van der Waals surface area contributed by atoms with Crippen LogP contribution in [0.15, 0.2) is 0 Å². The average molecular weight is 328 g/mol. The van der Waals surface area contributed by atoms with Crippen molar-refractivity contribution in [2.75, 3.05) is 33.0 Å². The molecule has 0 aliphatic carbocycles. The predicted octanol–water partition coefficient (Wildman–Crippen LogP) is 2.14. The SMILES string of the molecule is CC(=O)N1CCC(C2CCN(COCC[Si](C)(C)C)N2)CC1. The van der Waals surface area contributed by atoms with E-state index in [2.05, 4.69) is 30.1 Å². The lowest BCUT2D eigenvalue weighted by molar-refractivity contribution is -0.130. The van der Waals surface area contributed by atoms with Crippen molar-refractivity contribution >= 4 is 14.0 Å². The van der Waals surface area contributed by atoms with Gasteiger partial charge in [0.25, 0.3) is 0 Å². The van der Waals surface area contributed by atoms with Gasteiger partial charge in [-0.25, -0.2) is 10.4 Å². The Morgan fingerprint density at radius 1 is 1.18 bits per heavy atom. The van der Waals surface area contributed by atoms with E-state index in [9.17, 15) is 4.79 Å². The van der Waals surface area contributed by atoms with Crippen molar-refractivity contribution in [2.45, 2.75) is 57.9 Å². The summed E-state index contributed by atoms with van der Waals surface area (Å²) in [5, 5.41) is 2.23. The van der Waals surface area contributed by atoms with Crippen LogP contribution in [0.3, 0.4) is 0 Å². The number of rotatable bonds is 6. The first kappa shape index (κ1) is 17.9. The molecule has 2 aliphatic heterocycles. The molecule has 0 spiro atoms. The first-order chi connectivity index (χ1) is 10.3. The van der Waals surface area contributed by atoms with Gasteiger partial charge in [-0.15, -0.1) is 0 Å². The largest absolute Gasteiger partial charge is 0.365 e. The van der Waals surface area contributed by atoms with E-state index in [0.717, 1.165) is 39.1 Å². The molecule has 1 amide bonds. The second-order valence-corrected chi connectivity index (χ2v) is 13.6. The molecule has 6 heteroatoms. The van der Waals surface area contributed by atoms with Crippen molar-refractivity contribution in [3.05, 3.63) is 0 Å². The topological polar surface area (TPSA) is 44.8 Å². The summed E-state index contributed by atoms with van der Waals surface area (Å²) in [6.07, 6.45) is 3.45. The van der Waals surface area contributed by atoms with Gasteiger partial charge in [0.1, 0.15) is 6.73 Å². The highest BCUT2D eigenvalue weighted by Gasteiger charge is 2.32. The molecule has 1 N–H and O–H groups in total. The number of likely N-dealkylation sites (tertiary alicyclic amines) is 1. The Balaban J connectivity index is 1.63. The number of hydrogen-bond acceptors (Lipinski definition) is 4. The minimum absolute atomic E-state index is 0.218. The lowest BCUT2D eigenvalue weighted by Gasteiger charge is -2.34. The molecule has 0 saturated carbocycles. The molecule has 2 fully saturated rings. The molecule has 0 radical (unpaired) electrons. The van der Waals surface area contributed by atoms with Gasteiger partial charge in [-0.1, -0.05) is 19.6 Å². The van der Waals surface area contributed by atoms with E-state index in [0.29, 0.717) is 18.7 Å². The van der Waals surface area contributed by atoms with Gasteiger partial charge < -0.3 is 9.64 Å². The highest BCUT2D eigenvalue weighted by molar-refractivity contribution is 6.76. The van der Waals surface area contributed by atoms with Crippen molar-refractivity contribution in [3.8, 4) is 0 Å². The quantitative estimate of drug-likeness (QED) is 0.600. The van der Waals surface area contributed by atoms with Crippen LogP contribution in [0.2, 0.25) is 25.7 Å². The van der Waals surface area contributed by atoms with Gasteiger partial charge in [-0.2, -0.15) is 0 Å². The maximum Gasteiger partial charge on any atom is 0.219 e. The van der Waals surface area contributed by atoms with E-state index in [1.54, 1.807) is 6.92 Å². The number of carbonyl (C=O) groups excluding carboxylic acids is 1. The summed E-state index contributed by atoms with van der Waals surface area (Å²) in [5.74, 6) is 0.915. The number of nitrogens with zero attached hydrogens (tertiary/aromatic N) is 2. The zero-order valence-corrected chi connectivity index (χ0v) is 15.7. The van der Waals surface area contributed by atoms with Crippen LogP contribution < -0.4 is 5.43 Å². The van der Waals surface area contributed by atoms with Gasteiger partial charge in [0.2, 0.25) is 5.91 Å². The lowest BCUT2D eigenvalue weighted by atomic mass is 9.88.